The molecule has 3 aliphatic rings. The normalized spacial score (nSPS) is 11.5. The molecule has 0 atom stereocenters. The van der Waals surface area contributed by atoms with Crippen LogP contribution in [0.15, 0.2) is 304 Å². The van der Waals surface area contributed by atoms with Gasteiger partial charge in [0.15, 0.2) is 18.6 Å². The number of hydrogen-bond donors (Lipinski definition) is 0. The van der Waals surface area contributed by atoms with Gasteiger partial charge >= 0.3 is 0 Å². The van der Waals surface area contributed by atoms with Crippen molar-refractivity contribution in [3.8, 4) is 167 Å². The van der Waals surface area contributed by atoms with Crippen LogP contribution in [-0.4, -0.2) is 0 Å². The Morgan fingerprint density at radius 1 is 0.170 bits per heavy atom. The molecule has 480 valence electrons. The lowest BCUT2D eigenvalue weighted by Crippen LogP contribution is -2.31. The zero-order valence-corrected chi connectivity index (χ0v) is 58.7. The molecule has 0 saturated heterocycles. The van der Waals surface area contributed by atoms with Crippen molar-refractivity contribution in [2.75, 3.05) is 0 Å². The van der Waals surface area contributed by atoms with Gasteiger partial charge < -0.3 is 0 Å². The Bertz CT molecular complexity index is 5780. The van der Waals surface area contributed by atoms with Crippen LogP contribution in [0.25, 0.3) is 167 Å². The number of benzene rings is 12. The van der Waals surface area contributed by atoms with Crippen molar-refractivity contribution in [3.05, 3.63) is 343 Å². The molecule has 3 heteroatoms. The minimum atomic E-state index is 1.24. The first kappa shape index (κ1) is 62.9. The van der Waals surface area contributed by atoms with Crippen LogP contribution in [0.5, 0.6) is 0 Å². The Morgan fingerprint density at radius 2 is 0.430 bits per heavy atom. The van der Waals surface area contributed by atoms with Gasteiger partial charge in [0.05, 0.1) is 0 Å². The summed E-state index contributed by atoms with van der Waals surface area (Å²) in [7, 11) is 6.42. The van der Waals surface area contributed by atoms with Crippen LogP contribution in [0.1, 0.15) is 38.9 Å². The minimum absolute atomic E-state index is 1.24. The summed E-state index contributed by atoms with van der Waals surface area (Å²) in [6.45, 7) is 15.5. The van der Waals surface area contributed by atoms with Crippen molar-refractivity contribution in [2.45, 2.75) is 48.5 Å². The lowest BCUT2D eigenvalue weighted by atomic mass is 9.79. The maximum atomic E-state index is 2.42. The summed E-state index contributed by atoms with van der Waals surface area (Å²) in [5, 5.41) is 0. The third-order valence-corrected chi connectivity index (χ3v) is 21.2. The van der Waals surface area contributed by atoms with Crippen molar-refractivity contribution >= 4 is 0 Å². The maximum absolute atomic E-state index is 2.42. The molecule has 100 heavy (non-hydrogen) atoms. The van der Waals surface area contributed by atoms with E-state index in [4.69, 9.17) is 0 Å². The molecule has 0 N–H and O–H groups in total. The fourth-order valence-electron chi connectivity index (χ4n) is 16.1. The van der Waals surface area contributed by atoms with E-state index in [2.05, 4.69) is 387 Å². The van der Waals surface area contributed by atoms with Crippen molar-refractivity contribution in [1.29, 1.82) is 0 Å². The van der Waals surface area contributed by atoms with Gasteiger partial charge in [-0.25, -0.2) is 13.7 Å². The van der Waals surface area contributed by atoms with Gasteiger partial charge in [-0.2, -0.15) is 0 Å². The molecule has 0 amide bonds. The second-order valence-corrected chi connectivity index (χ2v) is 27.5. The second kappa shape index (κ2) is 25.8. The van der Waals surface area contributed by atoms with Gasteiger partial charge in [-0.3, -0.25) is 0 Å². The Balaban J connectivity index is 0.000000117. The number of pyridine rings is 3. The molecule has 3 heterocycles. The molecule has 0 spiro atoms. The smallest absolute Gasteiger partial charge is 0.201 e. The Kier molecular flexibility index (Phi) is 16.2. The quantitative estimate of drug-likeness (QED) is 0.156. The Hall–Kier alpha value is -11.9. The molecule has 3 aromatic heterocycles. The highest BCUT2D eigenvalue weighted by molar-refractivity contribution is 6.07. The van der Waals surface area contributed by atoms with Crippen LogP contribution in [-0.2, 0) is 21.1 Å². The molecule has 15 aromatic rings. The van der Waals surface area contributed by atoms with E-state index in [0.717, 1.165) is 0 Å². The highest BCUT2D eigenvalue weighted by Gasteiger charge is 2.29. The number of nitrogens with zero attached hydrogens (tertiary/aromatic N) is 3. The zero-order valence-electron chi connectivity index (χ0n) is 58.7. The highest BCUT2D eigenvalue weighted by Crippen LogP contribution is 2.53. The summed E-state index contributed by atoms with van der Waals surface area (Å²) < 4.78 is 6.72. The average Bonchev–Trinajstić information content (AvgIpc) is 0.751. The number of hydrogen-bond acceptors (Lipinski definition) is 0. The van der Waals surface area contributed by atoms with Gasteiger partial charge in [0, 0.05) is 52.1 Å². The van der Waals surface area contributed by atoms with Crippen LogP contribution in [0.4, 0.5) is 0 Å². The molecule has 0 fully saturated rings. The summed E-state index contributed by atoms with van der Waals surface area (Å²) >= 11 is 0. The van der Waals surface area contributed by atoms with E-state index in [1.165, 1.54) is 206 Å². The second-order valence-electron chi connectivity index (χ2n) is 27.5. The van der Waals surface area contributed by atoms with Gasteiger partial charge in [-0.1, -0.05) is 218 Å². The Morgan fingerprint density at radius 3 is 0.730 bits per heavy atom. The van der Waals surface area contributed by atoms with Gasteiger partial charge in [0.1, 0.15) is 21.1 Å². The first-order valence-electron chi connectivity index (χ1n) is 35.0. The molecule has 0 bridgehead atoms. The van der Waals surface area contributed by atoms with Crippen molar-refractivity contribution in [1.82, 2.24) is 0 Å². The van der Waals surface area contributed by atoms with Crippen LogP contribution in [0.3, 0.4) is 0 Å². The van der Waals surface area contributed by atoms with Gasteiger partial charge in [0.2, 0.25) is 17.1 Å². The molecule has 0 unspecified atom stereocenters. The van der Waals surface area contributed by atoms with E-state index in [1.807, 2.05) is 0 Å². The SMILES string of the molecule is Cc1cc(-c2cc3c(cc2C)-c2ccccc2-c2ccccc2-c2ccccc2-3)[n+](C)cc1C.Cc1cc2c(cc1-c1c(C)ccc[n+]1C)-c1ccccc1-c1ccccc1-c1ccccc1-2.Cc1cc[n+](C)c(-c2cc3c(cc2C)-c2ccccc2-c2ccccc2-c2ccccc2-3)c1. The van der Waals surface area contributed by atoms with E-state index >= 15 is 0 Å². The van der Waals surface area contributed by atoms with Crippen LogP contribution >= 0.6 is 0 Å². The predicted molar refractivity (Wildman–Crippen MR) is 418 cm³/mol. The summed E-state index contributed by atoms with van der Waals surface area (Å²) in [4.78, 5) is 0. The molecular formula is C97H80N3+3. The highest BCUT2D eigenvalue weighted by atomic mass is 14.9. The maximum Gasteiger partial charge on any atom is 0.215 e. The standard InChI is InChI=1S/C33H28N.2C32H26N/c1-21-18-33(34(4)20-23(21)3)30-19-32-29-16-10-8-14-27(29)25-12-6-5-11-24(25)26-13-7-9-15-28(26)31(32)17-22(30)2;1-21-11-10-18-33(3)32(21)29-20-31-28-17-9-7-15-26(28)24-13-5-4-12-23(24)25-14-6-8-16-27(25)30(31)19-22(29)2;1-21-16-17-33(3)32(18-21)29-20-31-28-15-9-7-13-26(28)24-11-5-4-10-23(24)25-12-6-8-14-27(25)30(31)19-22(29)2/h5-20H,1-4H3;2*4-20H,1-3H3/q3*+1. The number of aryl methyl sites for hydroxylation is 10. The van der Waals surface area contributed by atoms with Gasteiger partial charge in [0.25, 0.3) is 0 Å². The predicted octanol–water partition coefficient (Wildman–Crippen LogP) is 23.6. The molecule has 0 radical (unpaired) electrons. The van der Waals surface area contributed by atoms with Crippen molar-refractivity contribution < 1.29 is 13.7 Å². The van der Waals surface area contributed by atoms with E-state index in [-0.39, 0.29) is 0 Å². The molecule has 0 saturated carbocycles. The summed E-state index contributed by atoms with van der Waals surface area (Å²) in [6, 6.07) is 105. The third-order valence-electron chi connectivity index (χ3n) is 21.2. The molecule has 0 aliphatic heterocycles. The number of aromatic nitrogens is 3. The van der Waals surface area contributed by atoms with Gasteiger partial charge in [-0.15, -0.1) is 0 Å². The third kappa shape index (κ3) is 11.0. The molecule has 3 aliphatic carbocycles. The van der Waals surface area contributed by atoms with E-state index in [0.29, 0.717) is 0 Å². The first-order chi connectivity index (χ1) is 48.8. The monoisotopic (exact) mass is 1290 g/mol. The zero-order chi connectivity index (χ0) is 68.4. The lowest BCUT2D eigenvalue weighted by Gasteiger charge is -2.24. The van der Waals surface area contributed by atoms with Crippen molar-refractivity contribution in [3.63, 3.8) is 0 Å². The molecule has 18 rings (SSSR count). The molecule has 12 aromatic carbocycles. The number of rotatable bonds is 3. The van der Waals surface area contributed by atoms with E-state index in [9.17, 15) is 0 Å². The summed E-state index contributed by atoms with van der Waals surface area (Å²) in [6.07, 6.45) is 6.53. The van der Waals surface area contributed by atoms with E-state index < -0.39 is 0 Å². The first-order valence-corrected chi connectivity index (χ1v) is 35.0. The van der Waals surface area contributed by atoms with Crippen LogP contribution in [0, 0.1) is 48.5 Å². The Labute approximate surface area is 589 Å². The molecular weight excluding hydrogens is 1210 g/mol. The topological polar surface area (TPSA) is 11.6 Å². The fraction of sp³-hybridized carbons (Fsp3) is 0.103. The fourth-order valence-corrected chi connectivity index (χ4v) is 16.1. The van der Waals surface area contributed by atoms with Gasteiger partial charge in [-0.05, 0) is 252 Å². The minimum Gasteiger partial charge on any atom is -0.201 e. The van der Waals surface area contributed by atoms with E-state index in [1.54, 1.807) is 0 Å². The summed E-state index contributed by atoms with van der Waals surface area (Å²) in [5.41, 5.74) is 47.6. The van der Waals surface area contributed by atoms with Crippen molar-refractivity contribution in [2.24, 2.45) is 21.1 Å². The van der Waals surface area contributed by atoms with Crippen LogP contribution in [0.2, 0.25) is 0 Å². The largest absolute Gasteiger partial charge is 0.215 e. The van der Waals surface area contributed by atoms with Crippen LogP contribution < -0.4 is 13.7 Å². The lowest BCUT2D eigenvalue weighted by molar-refractivity contribution is -0.660. The molecule has 3 nitrogen and oxygen atoms in total. The average molecular weight is 1290 g/mol. The summed E-state index contributed by atoms with van der Waals surface area (Å²) in [5.74, 6) is 0. The number of fused-ring (bicyclic) bond motifs is 24.